The van der Waals surface area contributed by atoms with Crippen molar-refractivity contribution in [2.24, 2.45) is 5.73 Å². The quantitative estimate of drug-likeness (QED) is 0.815. The summed E-state index contributed by atoms with van der Waals surface area (Å²) in [4.78, 5) is 0. The molecule has 0 bridgehead atoms. The fourth-order valence-corrected chi connectivity index (χ4v) is 2.48. The molecule has 0 aromatic heterocycles. The van der Waals surface area contributed by atoms with Crippen molar-refractivity contribution in [3.8, 4) is 0 Å². The second kappa shape index (κ2) is 4.96. The first-order chi connectivity index (χ1) is 8.04. The van der Waals surface area contributed by atoms with E-state index >= 15 is 0 Å². The van der Waals surface area contributed by atoms with Gasteiger partial charge in [0.25, 0.3) is 0 Å². The minimum Gasteiger partial charge on any atom is -0.401 e. The molecule has 2 N–H and O–H groups in total. The molecular weight excluding hydrogens is 346 g/mol. The Balaban J connectivity index is 2.33. The van der Waals surface area contributed by atoms with Gasteiger partial charge in [0.05, 0.1) is 0 Å². The van der Waals surface area contributed by atoms with Crippen molar-refractivity contribution in [3.05, 3.63) is 52.2 Å². The Morgan fingerprint density at radius 1 is 1.29 bits per heavy atom. The van der Waals surface area contributed by atoms with E-state index in [1.807, 2.05) is 36.4 Å². The van der Waals surface area contributed by atoms with Crippen molar-refractivity contribution in [3.63, 3.8) is 0 Å². The highest BCUT2D eigenvalue weighted by molar-refractivity contribution is 9.10. The predicted molar refractivity (Wildman–Crippen MR) is 77.7 cm³/mol. The molecule has 0 fully saturated rings. The molecular formula is C13H13Br2NO. The molecule has 0 amide bonds. The topological polar surface area (TPSA) is 35.2 Å². The Labute approximate surface area is 118 Å². The maximum atomic E-state index is 6.11. The van der Waals surface area contributed by atoms with Gasteiger partial charge in [0.15, 0.2) is 0 Å². The van der Waals surface area contributed by atoms with Gasteiger partial charge in [0.2, 0.25) is 0 Å². The zero-order chi connectivity index (χ0) is 12.5. The summed E-state index contributed by atoms with van der Waals surface area (Å²) in [7, 11) is 1.66. The normalized spacial score (nSPS) is 24.2. The molecule has 4 heteroatoms. The average molecular weight is 359 g/mol. The van der Waals surface area contributed by atoms with E-state index in [0.717, 1.165) is 21.3 Å². The highest BCUT2D eigenvalue weighted by Crippen LogP contribution is 2.36. The molecule has 0 aliphatic heterocycles. The molecule has 1 atom stereocenters. The Bertz CT molecular complexity index is 479. The molecule has 0 saturated carbocycles. The first kappa shape index (κ1) is 12.9. The summed E-state index contributed by atoms with van der Waals surface area (Å²) in [5, 5.41) is 0. The van der Waals surface area contributed by atoms with Crippen LogP contribution in [-0.2, 0) is 4.74 Å². The zero-order valence-electron chi connectivity index (χ0n) is 9.41. The van der Waals surface area contributed by atoms with Crippen molar-refractivity contribution in [1.29, 1.82) is 0 Å². The van der Waals surface area contributed by atoms with Crippen LogP contribution in [0.5, 0.6) is 0 Å². The maximum absolute atomic E-state index is 6.11. The Hall–Kier alpha value is -0.580. The van der Waals surface area contributed by atoms with Crippen LogP contribution >= 0.6 is 31.9 Å². The smallest absolute Gasteiger partial charge is 0.146 e. The molecule has 2 rings (SSSR count). The summed E-state index contributed by atoms with van der Waals surface area (Å²) in [5.41, 5.74) is 9.11. The van der Waals surface area contributed by atoms with Crippen LogP contribution in [0.4, 0.5) is 0 Å². The van der Waals surface area contributed by atoms with Crippen LogP contribution in [0.15, 0.2) is 46.6 Å². The van der Waals surface area contributed by atoms with Gasteiger partial charge in [0.1, 0.15) is 4.51 Å². The molecule has 1 aliphatic rings. The molecule has 2 nitrogen and oxygen atoms in total. The summed E-state index contributed by atoms with van der Waals surface area (Å²) in [5.74, 6) is 0. The van der Waals surface area contributed by atoms with E-state index in [-0.39, 0.29) is 0 Å². The molecule has 0 heterocycles. The average Bonchev–Trinajstić information content (AvgIpc) is 2.31. The fourth-order valence-electron chi connectivity index (χ4n) is 1.78. The van der Waals surface area contributed by atoms with E-state index in [9.17, 15) is 0 Å². The van der Waals surface area contributed by atoms with Crippen molar-refractivity contribution < 1.29 is 4.74 Å². The van der Waals surface area contributed by atoms with E-state index in [1.165, 1.54) is 0 Å². The lowest BCUT2D eigenvalue weighted by atomic mass is 9.95. The Morgan fingerprint density at radius 3 is 2.47 bits per heavy atom. The number of ether oxygens (including phenoxy) is 1. The van der Waals surface area contributed by atoms with E-state index in [4.69, 9.17) is 10.5 Å². The lowest BCUT2D eigenvalue weighted by Gasteiger charge is -2.27. The number of benzene rings is 1. The van der Waals surface area contributed by atoms with Gasteiger partial charge in [-0.2, -0.15) is 0 Å². The van der Waals surface area contributed by atoms with Crippen molar-refractivity contribution in [2.45, 2.75) is 10.9 Å². The number of rotatable bonds is 2. The lowest BCUT2D eigenvalue weighted by Crippen LogP contribution is -2.26. The molecule has 1 aliphatic carbocycles. The van der Waals surface area contributed by atoms with Crippen molar-refractivity contribution in [2.75, 3.05) is 7.11 Å². The third kappa shape index (κ3) is 2.81. The summed E-state index contributed by atoms with van der Waals surface area (Å²) < 4.78 is 5.96. The maximum Gasteiger partial charge on any atom is 0.146 e. The zero-order valence-corrected chi connectivity index (χ0v) is 12.6. The lowest BCUT2D eigenvalue weighted by molar-refractivity contribution is 0.117. The van der Waals surface area contributed by atoms with Gasteiger partial charge in [-0.3, -0.25) is 0 Å². The summed E-state index contributed by atoms with van der Waals surface area (Å²) in [6.07, 6.45) is 4.63. The number of nitrogens with two attached hydrogens (primary N) is 1. The van der Waals surface area contributed by atoms with Crippen LogP contribution in [0.1, 0.15) is 12.0 Å². The molecule has 1 aromatic carbocycles. The molecule has 0 saturated heterocycles. The van der Waals surface area contributed by atoms with E-state index in [0.29, 0.717) is 6.42 Å². The van der Waals surface area contributed by atoms with Gasteiger partial charge in [-0.05, 0) is 39.7 Å². The Kier molecular flexibility index (Phi) is 3.76. The van der Waals surface area contributed by atoms with Crippen LogP contribution in [0.3, 0.4) is 0 Å². The molecule has 0 radical (unpaired) electrons. The van der Waals surface area contributed by atoms with Crippen LogP contribution in [0, 0.1) is 0 Å². The summed E-state index contributed by atoms with van der Waals surface area (Å²) in [6, 6.07) is 8.11. The number of halogens is 2. The highest BCUT2D eigenvalue weighted by atomic mass is 79.9. The molecule has 1 aromatic rings. The van der Waals surface area contributed by atoms with Gasteiger partial charge < -0.3 is 10.5 Å². The minimum absolute atomic E-state index is 0.462. The largest absolute Gasteiger partial charge is 0.401 e. The summed E-state index contributed by atoms with van der Waals surface area (Å²) in [6.45, 7) is 0. The number of hydrogen-bond acceptors (Lipinski definition) is 2. The van der Waals surface area contributed by atoms with Gasteiger partial charge in [-0.15, -0.1) is 0 Å². The van der Waals surface area contributed by atoms with Crippen LogP contribution in [-0.4, -0.2) is 11.6 Å². The number of alkyl halides is 1. The van der Waals surface area contributed by atoms with E-state index in [1.54, 1.807) is 7.11 Å². The molecule has 17 heavy (non-hydrogen) atoms. The van der Waals surface area contributed by atoms with Crippen molar-refractivity contribution in [1.82, 2.24) is 0 Å². The van der Waals surface area contributed by atoms with Crippen LogP contribution in [0.25, 0.3) is 5.57 Å². The van der Waals surface area contributed by atoms with Crippen LogP contribution in [0.2, 0.25) is 0 Å². The molecule has 90 valence electrons. The monoisotopic (exact) mass is 357 g/mol. The number of methoxy groups -OCH3 is 1. The second-order valence-electron chi connectivity index (χ2n) is 3.95. The summed E-state index contributed by atoms with van der Waals surface area (Å²) >= 11 is 6.94. The first-order valence-electron chi connectivity index (χ1n) is 5.22. The molecule has 1 unspecified atom stereocenters. The third-order valence-corrected chi connectivity index (χ3v) is 4.17. The predicted octanol–water partition coefficient (Wildman–Crippen LogP) is 3.82. The van der Waals surface area contributed by atoms with E-state index < -0.39 is 4.51 Å². The fraction of sp³-hybridized carbons (Fsp3) is 0.231. The van der Waals surface area contributed by atoms with Gasteiger partial charge >= 0.3 is 0 Å². The van der Waals surface area contributed by atoms with Gasteiger partial charge in [0, 0.05) is 29.3 Å². The van der Waals surface area contributed by atoms with E-state index in [2.05, 4.69) is 31.9 Å². The first-order valence-corrected chi connectivity index (χ1v) is 6.80. The molecule has 0 spiro atoms. The SMILES string of the molecule is COC1(Br)C=CC(c2ccc(Br)cc2)=C(N)C1. The minimum atomic E-state index is -0.462. The van der Waals surface area contributed by atoms with Crippen LogP contribution < -0.4 is 5.73 Å². The van der Waals surface area contributed by atoms with Crippen molar-refractivity contribution >= 4 is 37.4 Å². The van der Waals surface area contributed by atoms with Gasteiger partial charge in [-0.25, -0.2) is 0 Å². The second-order valence-corrected chi connectivity index (χ2v) is 6.20. The van der Waals surface area contributed by atoms with Gasteiger partial charge in [-0.1, -0.05) is 34.1 Å². The standard InChI is InChI=1S/C13H13Br2NO/c1-17-13(15)7-6-11(12(16)8-13)9-2-4-10(14)5-3-9/h2-7H,8,16H2,1H3. The third-order valence-electron chi connectivity index (χ3n) is 2.77. The highest BCUT2D eigenvalue weighted by Gasteiger charge is 2.27. The number of allylic oxidation sites excluding steroid dienone is 2. The number of hydrogen-bond donors (Lipinski definition) is 1. The Morgan fingerprint density at radius 2 is 1.94 bits per heavy atom.